The summed E-state index contributed by atoms with van der Waals surface area (Å²) >= 11 is 13.3. The number of halogens is 5. The van der Waals surface area contributed by atoms with E-state index in [2.05, 4.69) is 16.0 Å². The van der Waals surface area contributed by atoms with Crippen molar-refractivity contribution in [1.82, 2.24) is 60.0 Å². The van der Waals surface area contributed by atoms with Gasteiger partial charge in [-0.05, 0) is 146 Å². The Morgan fingerprint density at radius 2 is 1.31 bits per heavy atom. The van der Waals surface area contributed by atoms with E-state index >= 15 is 28.8 Å². The van der Waals surface area contributed by atoms with E-state index < -0.39 is 192 Å². The van der Waals surface area contributed by atoms with Crippen LogP contribution < -0.4 is 16.0 Å². The highest BCUT2D eigenvalue weighted by Gasteiger charge is 2.59. The van der Waals surface area contributed by atoms with Crippen LogP contribution >= 0.6 is 23.2 Å². The number of fused-ring (bicyclic) bond motifs is 3. The number of methoxy groups -OCH3 is 1. The lowest BCUT2D eigenvalue weighted by Gasteiger charge is -2.54. The predicted octanol–water partition coefficient (Wildman–Crippen LogP) is 6.12. The van der Waals surface area contributed by atoms with Gasteiger partial charge >= 0.3 is 6.18 Å². The lowest BCUT2D eigenvalue weighted by Crippen LogP contribution is -2.71. The maximum absolute atomic E-state index is 15.9. The first-order valence-electron chi connectivity index (χ1n) is 38.6. The standard InChI is InChI=1S/C76H121Cl2F3N12O14/c1-16-46(4)63-71(103)87(10)41-62(96)88(11)55-25-21-18-22-34-92(70(55)102)58(36-48-26-30-50(31-27-48)76(79,80)81)69(101)86(9)40-60(94)82-54(33-29-47-28-32-52(77)53(78)35-47)67(99)93-39-51(107-45(2)3)37-56(93)66(98)84-75(43-74(5,6)44-75)73(105)91(14)64(49-23-19-17-20-24-49)72(104)90(13)57(68(100)85(7)8)38-61(95)89(12)59(42-106-15)65(97)83-63/h18,21,45-59,63-64H,16-17,19-20,22-44H2,1-15H3,(H,82,94)(H,83,97)(H,84,98)/b21-18-/t46-,47?,48?,50?,51+,52?,53?,54-,55-,56-,57-,58-,59-,63-,64-/m0/s1. The number of ether oxygens (including phenoxy) is 2. The fourth-order valence-corrected chi connectivity index (χ4v) is 18.0. The van der Waals surface area contributed by atoms with Crippen LogP contribution in [0, 0.1) is 35.0 Å². The molecule has 107 heavy (non-hydrogen) atoms. The summed E-state index contributed by atoms with van der Waals surface area (Å²) in [6.07, 6.45) is 3.25. The Labute approximate surface area is 640 Å². The molecule has 3 N–H and O–H groups in total. The normalized spacial score (nSPS) is 31.9. The molecule has 2 bridgehead atoms. The lowest BCUT2D eigenvalue weighted by molar-refractivity contribution is -0.184. The van der Waals surface area contributed by atoms with Gasteiger partial charge in [0, 0.05) is 88.4 Å². The van der Waals surface area contributed by atoms with Gasteiger partial charge in [0.15, 0.2) is 0 Å². The maximum atomic E-state index is 15.9. The van der Waals surface area contributed by atoms with Crippen molar-refractivity contribution in [1.29, 1.82) is 0 Å². The molecule has 0 radical (unpaired) electrons. The van der Waals surface area contributed by atoms with E-state index in [0.29, 0.717) is 44.9 Å². The third-order valence-corrected chi connectivity index (χ3v) is 24.9. The van der Waals surface area contributed by atoms with Crippen LogP contribution in [-0.4, -0.2) is 294 Å². The fourth-order valence-electron chi connectivity index (χ4n) is 17.4. The average Bonchev–Trinajstić information content (AvgIpc) is 1.40. The Balaban J connectivity index is 1.34. The van der Waals surface area contributed by atoms with Crippen molar-refractivity contribution < 1.29 is 80.2 Å². The molecule has 4 saturated carbocycles. The number of carbonyl (C=O) groups is 12. The largest absolute Gasteiger partial charge is 0.391 e. The molecule has 3 unspecified atom stereocenters. The molecule has 31 heteroatoms. The Bertz CT molecular complexity index is 3200. The molecule has 1 spiro atoms. The van der Waals surface area contributed by atoms with Gasteiger partial charge in [0.05, 0.1) is 49.6 Å². The summed E-state index contributed by atoms with van der Waals surface area (Å²) in [6, 6.07) is -10.7. The Morgan fingerprint density at radius 1 is 0.673 bits per heavy atom. The first kappa shape index (κ1) is 87.9. The third kappa shape index (κ3) is 22.0. The fraction of sp³-hybridized carbons (Fsp3) is 0.816. The molecule has 7 aliphatic rings. The zero-order chi connectivity index (χ0) is 79.5. The van der Waals surface area contributed by atoms with E-state index in [1.54, 1.807) is 26.0 Å². The molecule has 0 aromatic carbocycles. The summed E-state index contributed by atoms with van der Waals surface area (Å²) in [6.45, 7) is 9.14. The Morgan fingerprint density at radius 3 is 1.90 bits per heavy atom. The average molecular weight is 1550 g/mol. The van der Waals surface area contributed by atoms with Crippen molar-refractivity contribution in [2.45, 2.75) is 266 Å². The van der Waals surface area contributed by atoms with Gasteiger partial charge in [0.1, 0.15) is 53.9 Å². The molecule has 12 amide bonds. The van der Waals surface area contributed by atoms with E-state index in [9.17, 15) is 41.9 Å². The topological polar surface area (TPSA) is 289 Å². The smallest absolute Gasteiger partial charge is 0.382 e. The van der Waals surface area contributed by atoms with Gasteiger partial charge in [-0.25, -0.2) is 0 Å². The van der Waals surface area contributed by atoms with E-state index in [-0.39, 0.29) is 106 Å². The minimum absolute atomic E-state index is 0.0186. The summed E-state index contributed by atoms with van der Waals surface area (Å²) in [4.78, 5) is 193. The van der Waals surface area contributed by atoms with Crippen molar-refractivity contribution in [2.75, 3.05) is 96.3 Å². The number of amides is 12. The molecule has 604 valence electrons. The van der Waals surface area contributed by atoms with Crippen LogP contribution in [0.5, 0.6) is 0 Å². The maximum Gasteiger partial charge on any atom is 0.391 e. The summed E-state index contributed by atoms with van der Waals surface area (Å²) in [5.74, 6) is -11.6. The molecule has 7 rings (SSSR count). The van der Waals surface area contributed by atoms with Crippen LogP contribution in [0.3, 0.4) is 0 Å². The Kier molecular flexibility index (Phi) is 31.3. The summed E-state index contributed by atoms with van der Waals surface area (Å²) in [5.41, 5.74) is -2.16. The van der Waals surface area contributed by atoms with Crippen molar-refractivity contribution in [2.24, 2.45) is 35.0 Å². The van der Waals surface area contributed by atoms with Crippen LogP contribution in [-0.2, 0) is 67.0 Å². The van der Waals surface area contributed by atoms with Crippen molar-refractivity contribution in [3.63, 3.8) is 0 Å². The number of nitrogens with one attached hydrogen (secondary N) is 3. The quantitative estimate of drug-likeness (QED) is 0.138. The molecular formula is C76H121Cl2F3N12O14. The molecule has 26 nitrogen and oxygen atoms in total. The molecule has 6 fully saturated rings. The molecule has 4 aliphatic carbocycles. The summed E-state index contributed by atoms with van der Waals surface area (Å²) in [7, 11) is 12.5. The van der Waals surface area contributed by atoms with E-state index in [1.807, 2.05) is 27.7 Å². The number of rotatable bonds is 13. The highest BCUT2D eigenvalue weighted by atomic mass is 35.5. The van der Waals surface area contributed by atoms with Crippen molar-refractivity contribution in [3.8, 4) is 0 Å². The van der Waals surface area contributed by atoms with Gasteiger partial charge in [-0.3, -0.25) is 57.5 Å². The predicted molar refractivity (Wildman–Crippen MR) is 396 cm³/mol. The molecular weight excluding hydrogens is 1430 g/mol. The van der Waals surface area contributed by atoms with E-state index in [4.69, 9.17) is 32.7 Å². The number of hydrogen-bond acceptors (Lipinski definition) is 14. The molecule has 0 aromatic heterocycles. The minimum Gasteiger partial charge on any atom is -0.382 e. The first-order chi connectivity index (χ1) is 50.1. The lowest BCUT2D eigenvalue weighted by atomic mass is 9.58. The zero-order valence-corrected chi connectivity index (χ0v) is 67.2. The summed E-state index contributed by atoms with van der Waals surface area (Å²) < 4.78 is 54.3. The van der Waals surface area contributed by atoms with Crippen LogP contribution in [0.25, 0.3) is 0 Å². The van der Waals surface area contributed by atoms with Crippen molar-refractivity contribution >= 4 is 94.1 Å². The molecule has 13 atom stereocenters. The van der Waals surface area contributed by atoms with Crippen molar-refractivity contribution in [3.05, 3.63) is 12.2 Å². The number of alkyl halides is 5. The second kappa shape index (κ2) is 38.1. The number of nitrogens with zero attached hydrogens (tertiary/aromatic N) is 9. The first-order valence-corrected chi connectivity index (χ1v) is 39.5. The Hall–Kier alpha value is -6.33. The van der Waals surface area contributed by atoms with Gasteiger partial charge in [0.25, 0.3) is 0 Å². The number of likely N-dealkylation sites (N-methyl/N-ethyl adjacent to an activating group) is 7. The zero-order valence-electron chi connectivity index (χ0n) is 65.7. The second-order valence-electron chi connectivity index (χ2n) is 33.0. The number of carbonyl (C=O) groups excluding carboxylic acids is 12. The highest BCUT2D eigenvalue weighted by molar-refractivity contribution is 6.30. The van der Waals surface area contributed by atoms with Crippen LogP contribution in [0.2, 0.25) is 0 Å². The van der Waals surface area contributed by atoms with Gasteiger partial charge < -0.3 is 69.5 Å². The molecule has 2 saturated heterocycles. The van der Waals surface area contributed by atoms with Gasteiger partial charge in [0.2, 0.25) is 70.9 Å². The second-order valence-corrected chi connectivity index (χ2v) is 34.1. The van der Waals surface area contributed by atoms with Gasteiger partial charge in [-0.2, -0.15) is 13.2 Å². The van der Waals surface area contributed by atoms with E-state index in [0.717, 1.165) is 38.9 Å². The highest BCUT2D eigenvalue weighted by Crippen LogP contribution is 2.50. The molecule has 3 aliphatic heterocycles. The van der Waals surface area contributed by atoms with Gasteiger partial charge in [-0.1, -0.05) is 65.5 Å². The van der Waals surface area contributed by atoms with E-state index in [1.165, 1.54) is 88.0 Å². The van der Waals surface area contributed by atoms with Crippen LogP contribution in [0.4, 0.5) is 13.2 Å². The molecule has 3 heterocycles. The SMILES string of the molecule is CC[C@H](C)[C@@H]1NC(=O)[C@H](COC)N(C)C(=O)C[C@@H](C(=O)N(C)C)N(C)C(=O)[C@H](C2CCCCC2)N(C)C(=O)C2(CC(C)(C)C2)NC(=O)[C@@H]2C[C@@H](OC(C)C)CN2C(=O)[C@H](CCC2CCC(Cl)C(Cl)C2)NC(=O)CN(C)C(=O)[C@H](CC2CCC(C(F)(F)F)CC2)N2CC/C=C\C[C@@H](C2=O)N(C)C(=O)CN(C)C1=O. The van der Waals surface area contributed by atoms with Crippen LogP contribution in [0.15, 0.2) is 12.2 Å². The van der Waals surface area contributed by atoms with Crippen LogP contribution in [0.1, 0.15) is 183 Å². The monoisotopic (exact) mass is 1550 g/mol. The summed E-state index contributed by atoms with van der Waals surface area (Å²) in [5, 5.41) is 8.18. The number of hydrogen-bond donors (Lipinski definition) is 3. The molecule has 0 aromatic rings. The third-order valence-electron chi connectivity index (χ3n) is 23.7. The minimum atomic E-state index is -4.45. The van der Waals surface area contributed by atoms with Gasteiger partial charge in [-0.15, -0.1) is 23.2 Å².